The van der Waals surface area contributed by atoms with Gasteiger partial charge >= 0.3 is 25.7 Å². The molecule has 0 rings (SSSR count). The van der Waals surface area contributed by atoms with Crippen molar-refractivity contribution in [2.45, 2.75) is 174 Å². The zero-order chi connectivity index (χ0) is 33.6. The van der Waals surface area contributed by atoms with E-state index >= 15 is 0 Å². The Morgan fingerprint density at radius 3 is 1.42 bits per heavy atom. The van der Waals surface area contributed by atoms with E-state index in [0.717, 1.165) is 38.5 Å². The van der Waals surface area contributed by atoms with E-state index in [1.165, 1.54) is 83.5 Å². The second-order valence-electron chi connectivity index (χ2n) is 12.0. The Labute approximate surface area is 272 Å². The molecular formula is C33H64NO10P. The van der Waals surface area contributed by atoms with E-state index in [9.17, 15) is 23.8 Å². The standard InChI is InChI=1S/C33H64NO10P/c1-3-5-7-9-10-11-12-13-14-15-16-17-18-19-20-21-23-25-32(36)44-29(26-41-31(35)24-22-8-6-4-2)27-42-45(39,40)43-28-30(34)33(37)38/h29-30H,3-28,34H2,1-2H3,(H,37,38)(H,39,40). The molecule has 12 heteroatoms. The number of carbonyl (C=O) groups excluding carboxylic acids is 2. The van der Waals surface area contributed by atoms with Crippen molar-refractivity contribution >= 4 is 25.7 Å². The molecule has 0 amide bonds. The van der Waals surface area contributed by atoms with Crippen molar-refractivity contribution in [2.24, 2.45) is 5.73 Å². The molecule has 45 heavy (non-hydrogen) atoms. The number of rotatable bonds is 33. The number of phosphoric acid groups is 1. The van der Waals surface area contributed by atoms with E-state index in [1.807, 2.05) is 0 Å². The van der Waals surface area contributed by atoms with Gasteiger partial charge in [-0.25, -0.2) is 4.57 Å². The third-order valence-electron chi connectivity index (χ3n) is 7.61. The predicted octanol–water partition coefficient (Wildman–Crippen LogP) is 8.00. The van der Waals surface area contributed by atoms with Gasteiger partial charge in [-0.3, -0.25) is 23.4 Å². The molecule has 0 aliphatic carbocycles. The number of ether oxygens (including phenoxy) is 2. The van der Waals surface area contributed by atoms with Crippen LogP contribution in [0, 0.1) is 0 Å². The molecule has 0 aliphatic rings. The molecule has 0 aromatic carbocycles. The molecule has 0 heterocycles. The maximum Gasteiger partial charge on any atom is 0.472 e. The normalized spacial score (nSPS) is 14.0. The van der Waals surface area contributed by atoms with Gasteiger partial charge in [0.15, 0.2) is 6.10 Å². The minimum Gasteiger partial charge on any atom is -0.480 e. The first kappa shape index (κ1) is 43.5. The van der Waals surface area contributed by atoms with Gasteiger partial charge in [0.05, 0.1) is 13.2 Å². The second-order valence-corrected chi connectivity index (χ2v) is 13.5. The van der Waals surface area contributed by atoms with E-state index in [-0.39, 0.29) is 19.4 Å². The fourth-order valence-electron chi connectivity index (χ4n) is 4.77. The van der Waals surface area contributed by atoms with Gasteiger partial charge in [-0.2, -0.15) is 0 Å². The minimum atomic E-state index is -4.69. The third-order valence-corrected chi connectivity index (χ3v) is 8.56. The number of aliphatic carboxylic acids is 1. The zero-order valence-corrected chi connectivity index (χ0v) is 29.1. The van der Waals surface area contributed by atoms with Crippen LogP contribution >= 0.6 is 7.82 Å². The lowest BCUT2D eigenvalue weighted by Crippen LogP contribution is -2.34. The summed E-state index contributed by atoms with van der Waals surface area (Å²) < 4.78 is 32.2. The van der Waals surface area contributed by atoms with Gasteiger partial charge in [0.1, 0.15) is 12.6 Å². The van der Waals surface area contributed by atoms with E-state index in [1.54, 1.807) is 0 Å². The summed E-state index contributed by atoms with van der Waals surface area (Å²) in [6, 6.07) is -1.51. The average molecular weight is 666 g/mol. The van der Waals surface area contributed by atoms with Crippen LogP contribution in [-0.2, 0) is 37.5 Å². The maximum atomic E-state index is 12.5. The average Bonchev–Trinajstić information content (AvgIpc) is 3.01. The Kier molecular flexibility index (Phi) is 28.8. The smallest absolute Gasteiger partial charge is 0.472 e. The first-order chi connectivity index (χ1) is 21.6. The highest BCUT2D eigenvalue weighted by Gasteiger charge is 2.28. The Morgan fingerprint density at radius 2 is 0.978 bits per heavy atom. The summed E-state index contributed by atoms with van der Waals surface area (Å²) in [4.78, 5) is 45.2. The molecule has 0 bridgehead atoms. The van der Waals surface area contributed by atoms with Crippen LogP contribution in [0.5, 0.6) is 0 Å². The number of carbonyl (C=O) groups is 3. The van der Waals surface area contributed by atoms with Gasteiger partial charge in [0, 0.05) is 12.8 Å². The van der Waals surface area contributed by atoms with Crippen LogP contribution in [0.4, 0.5) is 0 Å². The largest absolute Gasteiger partial charge is 0.480 e. The number of hydrogen-bond acceptors (Lipinski definition) is 9. The molecule has 0 aliphatic heterocycles. The van der Waals surface area contributed by atoms with Crippen LogP contribution in [0.2, 0.25) is 0 Å². The number of esters is 2. The van der Waals surface area contributed by atoms with Crippen molar-refractivity contribution in [3.8, 4) is 0 Å². The van der Waals surface area contributed by atoms with Gasteiger partial charge in [-0.1, -0.05) is 136 Å². The van der Waals surface area contributed by atoms with Crippen LogP contribution in [0.3, 0.4) is 0 Å². The summed E-state index contributed by atoms with van der Waals surface area (Å²) in [6.45, 7) is 2.65. The first-order valence-electron chi connectivity index (χ1n) is 17.6. The molecule has 266 valence electrons. The van der Waals surface area contributed by atoms with Crippen molar-refractivity contribution in [1.29, 1.82) is 0 Å². The molecule has 0 radical (unpaired) electrons. The summed E-state index contributed by atoms with van der Waals surface area (Å²) in [5.74, 6) is -2.39. The van der Waals surface area contributed by atoms with Gasteiger partial charge in [-0.05, 0) is 12.8 Å². The van der Waals surface area contributed by atoms with Gasteiger partial charge in [0.2, 0.25) is 0 Å². The van der Waals surface area contributed by atoms with Crippen LogP contribution in [0.15, 0.2) is 0 Å². The summed E-state index contributed by atoms with van der Waals surface area (Å²) >= 11 is 0. The molecule has 0 aromatic heterocycles. The van der Waals surface area contributed by atoms with Crippen molar-refractivity contribution in [2.75, 3.05) is 19.8 Å². The number of nitrogens with two attached hydrogens (primary N) is 1. The number of unbranched alkanes of at least 4 members (excludes halogenated alkanes) is 19. The Balaban J connectivity index is 4.23. The van der Waals surface area contributed by atoms with E-state index in [0.29, 0.717) is 12.8 Å². The monoisotopic (exact) mass is 665 g/mol. The Morgan fingerprint density at radius 1 is 0.600 bits per heavy atom. The third kappa shape index (κ3) is 29.6. The molecule has 11 nitrogen and oxygen atoms in total. The number of carboxylic acid groups (broad SMARTS) is 1. The van der Waals surface area contributed by atoms with Crippen LogP contribution in [0.1, 0.15) is 162 Å². The van der Waals surface area contributed by atoms with Crippen LogP contribution < -0.4 is 5.73 Å². The molecular weight excluding hydrogens is 601 g/mol. The highest BCUT2D eigenvalue weighted by Crippen LogP contribution is 2.43. The number of phosphoric ester groups is 1. The number of hydrogen-bond donors (Lipinski definition) is 3. The molecule has 0 saturated heterocycles. The maximum absolute atomic E-state index is 12.5. The number of carboxylic acids is 1. The summed E-state index contributed by atoms with van der Waals surface area (Å²) in [5.41, 5.74) is 5.28. The fourth-order valence-corrected chi connectivity index (χ4v) is 5.55. The van der Waals surface area contributed by atoms with Gasteiger partial charge in [0.25, 0.3) is 0 Å². The molecule has 0 saturated carbocycles. The minimum absolute atomic E-state index is 0.167. The van der Waals surface area contributed by atoms with Crippen molar-refractivity contribution < 1.29 is 47.5 Å². The van der Waals surface area contributed by atoms with Gasteiger partial charge in [-0.15, -0.1) is 0 Å². The molecule has 0 spiro atoms. The molecule has 0 fully saturated rings. The SMILES string of the molecule is CCCCCCCCCCCCCCCCCCCC(=O)OC(COC(=O)CCCCCC)COP(=O)(O)OCC(N)C(=O)O. The van der Waals surface area contributed by atoms with Crippen molar-refractivity contribution in [3.05, 3.63) is 0 Å². The fraction of sp³-hybridized carbons (Fsp3) is 0.909. The van der Waals surface area contributed by atoms with E-state index in [4.69, 9.17) is 24.8 Å². The molecule has 3 atom stereocenters. The lowest BCUT2D eigenvalue weighted by atomic mass is 10.0. The highest BCUT2D eigenvalue weighted by molar-refractivity contribution is 7.47. The first-order valence-corrected chi connectivity index (χ1v) is 19.1. The van der Waals surface area contributed by atoms with E-state index < -0.39 is 51.1 Å². The van der Waals surface area contributed by atoms with Crippen molar-refractivity contribution in [1.82, 2.24) is 0 Å². The summed E-state index contributed by atoms with van der Waals surface area (Å²) in [6.07, 6.45) is 23.9. The van der Waals surface area contributed by atoms with Crippen LogP contribution in [0.25, 0.3) is 0 Å². The van der Waals surface area contributed by atoms with Gasteiger partial charge < -0.3 is 25.2 Å². The topological polar surface area (TPSA) is 172 Å². The lowest BCUT2D eigenvalue weighted by Gasteiger charge is -2.20. The highest BCUT2D eigenvalue weighted by atomic mass is 31.2. The van der Waals surface area contributed by atoms with Crippen molar-refractivity contribution in [3.63, 3.8) is 0 Å². The molecule has 0 aromatic rings. The quantitative estimate of drug-likeness (QED) is 0.0352. The van der Waals surface area contributed by atoms with Crippen LogP contribution in [-0.4, -0.2) is 59.9 Å². The Hall–Kier alpha value is -1.52. The summed E-state index contributed by atoms with van der Waals surface area (Å²) in [7, 11) is -4.69. The summed E-state index contributed by atoms with van der Waals surface area (Å²) in [5, 5.41) is 8.80. The molecule has 3 unspecified atom stereocenters. The molecule has 4 N–H and O–H groups in total. The lowest BCUT2D eigenvalue weighted by molar-refractivity contribution is -0.161. The van der Waals surface area contributed by atoms with E-state index in [2.05, 4.69) is 18.4 Å². The second kappa shape index (κ2) is 29.9. The zero-order valence-electron chi connectivity index (χ0n) is 28.2. The Bertz CT molecular complexity index is 797. The predicted molar refractivity (Wildman–Crippen MR) is 176 cm³/mol.